The molecule has 7 heteroatoms. The number of carbonyl (C=O) groups excluding carboxylic acids is 1. The van der Waals surface area contributed by atoms with Crippen molar-refractivity contribution < 1.29 is 19.4 Å². The SMILES string of the molecule is CC1(OCC(=O)O)CN(C(=O)c2ccc(Br)c(Cl)c2)C1. The lowest BCUT2D eigenvalue weighted by molar-refractivity contribution is -0.159. The standard InChI is InChI=1S/C13H13BrClNO4/c1-13(20-5-11(17)18)6-16(7-13)12(19)8-2-3-9(14)10(15)4-8/h2-4H,5-7H2,1H3,(H,17,18). The van der Waals surface area contributed by atoms with Crippen LogP contribution in [0.3, 0.4) is 0 Å². The Bertz CT molecular complexity index is 557. The molecule has 0 aliphatic carbocycles. The molecule has 0 aromatic heterocycles. The van der Waals surface area contributed by atoms with Crippen molar-refractivity contribution in [2.45, 2.75) is 12.5 Å². The maximum atomic E-state index is 12.2. The van der Waals surface area contributed by atoms with Gasteiger partial charge < -0.3 is 14.7 Å². The maximum Gasteiger partial charge on any atom is 0.329 e. The number of carbonyl (C=O) groups is 2. The molecule has 1 aliphatic heterocycles. The highest BCUT2D eigenvalue weighted by Crippen LogP contribution is 2.28. The lowest BCUT2D eigenvalue weighted by Gasteiger charge is -2.47. The number of carboxylic acid groups (broad SMARTS) is 1. The van der Waals surface area contributed by atoms with E-state index in [1.165, 1.54) is 0 Å². The number of benzene rings is 1. The van der Waals surface area contributed by atoms with Crippen LogP contribution in [-0.4, -0.2) is 47.2 Å². The number of rotatable bonds is 4. The molecule has 1 N–H and O–H groups in total. The maximum absolute atomic E-state index is 12.2. The summed E-state index contributed by atoms with van der Waals surface area (Å²) >= 11 is 9.22. The first-order chi connectivity index (χ1) is 9.31. The third kappa shape index (κ3) is 3.31. The van der Waals surface area contributed by atoms with Crippen LogP contribution in [0.4, 0.5) is 0 Å². The lowest BCUT2D eigenvalue weighted by Crippen LogP contribution is -2.63. The van der Waals surface area contributed by atoms with E-state index >= 15 is 0 Å². The van der Waals surface area contributed by atoms with Crippen LogP contribution in [0, 0.1) is 0 Å². The fraction of sp³-hybridized carbons (Fsp3) is 0.385. The number of aliphatic carboxylic acids is 1. The second-order valence-electron chi connectivity index (χ2n) is 4.92. The summed E-state index contributed by atoms with van der Waals surface area (Å²) in [4.78, 5) is 24.3. The van der Waals surface area contributed by atoms with Gasteiger partial charge in [-0.05, 0) is 41.1 Å². The molecule has 1 aliphatic rings. The topological polar surface area (TPSA) is 66.8 Å². The van der Waals surface area contributed by atoms with Gasteiger partial charge in [0.15, 0.2) is 0 Å². The fourth-order valence-electron chi connectivity index (χ4n) is 2.04. The van der Waals surface area contributed by atoms with Crippen LogP contribution >= 0.6 is 27.5 Å². The van der Waals surface area contributed by atoms with Crippen LogP contribution in [0.25, 0.3) is 0 Å². The van der Waals surface area contributed by atoms with Gasteiger partial charge in [0.05, 0.1) is 18.1 Å². The summed E-state index contributed by atoms with van der Waals surface area (Å²) < 4.78 is 5.99. The van der Waals surface area contributed by atoms with E-state index in [9.17, 15) is 9.59 Å². The largest absolute Gasteiger partial charge is 0.480 e. The Morgan fingerprint density at radius 2 is 2.15 bits per heavy atom. The van der Waals surface area contributed by atoms with Crippen molar-refractivity contribution in [3.63, 3.8) is 0 Å². The smallest absolute Gasteiger partial charge is 0.329 e. The molecule has 0 saturated carbocycles. The zero-order chi connectivity index (χ0) is 14.9. The third-order valence-electron chi connectivity index (χ3n) is 3.05. The molecule has 0 bridgehead atoms. The van der Waals surface area contributed by atoms with Crippen LogP contribution in [0.15, 0.2) is 22.7 Å². The van der Waals surface area contributed by atoms with Gasteiger partial charge in [0.25, 0.3) is 5.91 Å². The van der Waals surface area contributed by atoms with E-state index in [1.807, 2.05) is 0 Å². The molecule has 1 amide bonds. The Balaban J connectivity index is 1.96. The number of halogens is 2. The molecule has 1 aromatic rings. The minimum atomic E-state index is -1.02. The number of ether oxygens (including phenoxy) is 1. The molecule has 2 rings (SSSR count). The Morgan fingerprint density at radius 1 is 1.50 bits per heavy atom. The number of carboxylic acids is 1. The van der Waals surface area contributed by atoms with Crippen molar-refractivity contribution in [1.29, 1.82) is 0 Å². The van der Waals surface area contributed by atoms with Crippen LogP contribution in [0.2, 0.25) is 5.02 Å². The van der Waals surface area contributed by atoms with Crippen LogP contribution in [-0.2, 0) is 9.53 Å². The highest BCUT2D eigenvalue weighted by Gasteiger charge is 2.42. The molecule has 0 unspecified atom stereocenters. The van der Waals surface area contributed by atoms with E-state index in [2.05, 4.69) is 15.9 Å². The minimum Gasteiger partial charge on any atom is -0.480 e. The molecular formula is C13H13BrClNO4. The monoisotopic (exact) mass is 361 g/mol. The van der Waals surface area contributed by atoms with Crippen LogP contribution in [0.1, 0.15) is 17.3 Å². The first-order valence-electron chi connectivity index (χ1n) is 5.91. The second kappa shape index (κ2) is 5.71. The lowest BCUT2D eigenvalue weighted by atomic mass is 9.95. The Morgan fingerprint density at radius 3 is 2.70 bits per heavy atom. The average Bonchev–Trinajstić information content (AvgIpc) is 2.35. The first-order valence-corrected chi connectivity index (χ1v) is 7.08. The molecule has 0 atom stereocenters. The Hall–Kier alpha value is -1.11. The van der Waals surface area contributed by atoms with E-state index in [0.29, 0.717) is 23.7 Å². The van der Waals surface area contributed by atoms with Crippen LogP contribution in [0.5, 0.6) is 0 Å². The normalized spacial score (nSPS) is 16.6. The third-order valence-corrected chi connectivity index (χ3v) is 4.28. The van der Waals surface area contributed by atoms with E-state index in [-0.39, 0.29) is 12.5 Å². The highest BCUT2D eigenvalue weighted by atomic mass is 79.9. The zero-order valence-corrected chi connectivity index (χ0v) is 13.1. The number of amides is 1. The van der Waals surface area contributed by atoms with E-state index in [1.54, 1.807) is 30.0 Å². The molecule has 0 spiro atoms. The van der Waals surface area contributed by atoms with Gasteiger partial charge in [0, 0.05) is 10.0 Å². The molecular weight excluding hydrogens is 350 g/mol. The van der Waals surface area contributed by atoms with Gasteiger partial charge >= 0.3 is 5.97 Å². The summed E-state index contributed by atoms with van der Waals surface area (Å²) in [6, 6.07) is 5.00. The predicted octanol–water partition coefficient (Wildman–Crippen LogP) is 2.42. The van der Waals surface area contributed by atoms with Gasteiger partial charge in [-0.3, -0.25) is 4.79 Å². The van der Waals surface area contributed by atoms with E-state index in [4.69, 9.17) is 21.4 Å². The average molecular weight is 363 g/mol. The Labute approximate surface area is 129 Å². The number of likely N-dealkylation sites (tertiary alicyclic amines) is 1. The summed E-state index contributed by atoms with van der Waals surface area (Å²) in [5, 5.41) is 9.05. The van der Waals surface area contributed by atoms with Gasteiger partial charge in [-0.25, -0.2) is 4.79 Å². The van der Waals surface area contributed by atoms with E-state index in [0.717, 1.165) is 4.47 Å². The summed E-state index contributed by atoms with van der Waals surface area (Å²) in [5.41, 5.74) is -0.0915. The van der Waals surface area contributed by atoms with Gasteiger partial charge in [-0.1, -0.05) is 11.6 Å². The quantitative estimate of drug-likeness (QED) is 0.893. The number of nitrogens with zero attached hydrogens (tertiary/aromatic N) is 1. The molecule has 1 aromatic carbocycles. The molecule has 0 radical (unpaired) electrons. The van der Waals surface area contributed by atoms with Gasteiger partial charge in [0.2, 0.25) is 0 Å². The first kappa shape index (κ1) is 15.3. The fourth-order valence-corrected chi connectivity index (χ4v) is 2.47. The van der Waals surface area contributed by atoms with Crippen molar-refractivity contribution in [1.82, 2.24) is 4.90 Å². The van der Waals surface area contributed by atoms with Crippen molar-refractivity contribution in [2.24, 2.45) is 0 Å². The van der Waals surface area contributed by atoms with Crippen molar-refractivity contribution in [2.75, 3.05) is 19.7 Å². The molecule has 1 saturated heterocycles. The molecule has 5 nitrogen and oxygen atoms in total. The van der Waals surface area contributed by atoms with Gasteiger partial charge in [0.1, 0.15) is 12.2 Å². The van der Waals surface area contributed by atoms with Crippen molar-refractivity contribution in [3.05, 3.63) is 33.3 Å². The predicted molar refractivity (Wildman–Crippen MR) is 77.0 cm³/mol. The molecule has 1 heterocycles. The second-order valence-corrected chi connectivity index (χ2v) is 6.18. The minimum absolute atomic E-state index is 0.143. The van der Waals surface area contributed by atoms with Gasteiger partial charge in [-0.15, -0.1) is 0 Å². The summed E-state index contributed by atoms with van der Waals surface area (Å²) in [7, 11) is 0. The van der Waals surface area contributed by atoms with Crippen molar-refractivity contribution in [3.8, 4) is 0 Å². The van der Waals surface area contributed by atoms with Crippen LogP contribution < -0.4 is 0 Å². The Kier molecular flexibility index (Phi) is 4.36. The number of hydrogen-bond donors (Lipinski definition) is 1. The molecule has 1 fully saturated rings. The molecule has 108 valence electrons. The molecule has 20 heavy (non-hydrogen) atoms. The van der Waals surface area contributed by atoms with Gasteiger partial charge in [-0.2, -0.15) is 0 Å². The summed E-state index contributed by atoms with van der Waals surface area (Å²) in [5.74, 6) is -1.16. The summed E-state index contributed by atoms with van der Waals surface area (Å²) in [6.45, 7) is 2.16. The van der Waals surface area contributed by atoms with E-state index < -0.39 is 11.6 Å². The zero-order valence-electron chi connectivity index (χ0n) is 10.7. The summed E-state index contributed by atoms with van der Waals surface area (Å²) in [6.07, 6.45) is 0. The van der Waals surface area contributed by atoms with Crippen molar-refractivity contribution >= 4 is 39.4 Å². The highest BCUT2D eigenvalue weighted by molar-refractivity contribution is 9.10. The number of hydrogen-bond acceptors (Lipinski definition) is 3.